The first-order valence-corrected chi connectivity index (χ1v) is 7.62. The minimum Gasteiger partial charge on any atom is -0.497 e. The zero-order valence-corrected chi connectivity index (χ0v) is 12.9. The lowest BCUT2D eigenvalue weighted by Crippen LogP contribution is -1.99. The highest BCUT2D eigenvalue weighted by molar-refractivity contribution is 6.08. The van der Waals surface area contributed by atoms with E-state index < -0.39 is 0 Å². The molecule has 0 aliphatic carbocycles. The van der Waals surface area contributed by atoms with Crippen LogP contribution in [0.5, 0.6) is 5.75 Å². The van der Waals surface area contributed by atoms with Gasteiger partial charge in [0.05, 0.1) is 12.8 Å². The predicted molar refractivity (Wildman–Crippen MR) is 94.0 cm³/mol. The van der Waals surface area contributed by atoms with E-state index in [2.05, 4.69) is 29.6 Å². The van der Waals surface area contributed by atoms with Gasteiger partial charge in [0.2, 0.25) is 0 Å². The van der Waals surface area contributed by atoms with Crippen molar-refractivity contribution in [1.29, 1.82) is 0 Å². The number of fused-ring (bicyclic) bond motifs is 3. The predicted octanol–water partition coefficient (Wildman–Crippen LogP) is 5.21. The highest BCUT2D eigenvalue weighted by Crippen LogP contribution is 2.33. The van der Waals surface area contributed by atoms with Gasteiger partial charge in [0.25, 0.3) is 0 Å². The molecule has 0 saturated heterocycles. The maximum atomic E-state index is 6.03. The van der Waals surface area contributed by atoms with Crippen LogP contribution >= 0.6 is 0 Å². The van der Waals surface area contributed by atoms with Crippen LogP contribution < -0.4 is 10.1 Å². The summed E-state index contributed by atoms with van der Waals surface area (Å²) >= 11 is 0. The van der Waals surface area contributed by atoms with Crippen molar-refractivity contribution in [3.05, 3.63) is 72.3 Å². The number of benzene rings is 3. The number of nitrogens with one attached hydrogen (secondary N) is 1. The molecule has 0 bridgehead atoms. The first-order valence-electron chi connectivity index (χ1n) is 7.62. The molecular formula is C20H17NO2. The van der Waals surface area contributed by atoms with E-state index in [4.69, 9.17) is 9.15 Å². The van der Waals surface area contributed by atoms with Gasteiger partial charge in [-0.1, -0.05) is 42.5 Å². The number of hydrogen-bond acceptors (Lipinski definition) is 3. The normalized spacial score (nSPS) is 11.0. The fraction of sp³-hybridized carbons (Fsp3) is 0.100. The molecule has 4 rings (SSSR count). The Kier molecular flexibility index (Phi) is 3.39. The molecule has 0 amide bonds. The topological polar surface area (TPSA) is 34.4 Å². The summed E-state index contributed by atoms with van der Waals surface area (Å²) in [7, 11) is 1.68. The zero-order chi connectivity index (χ0) is 15.6. The number of para-hydroxylation sites is 2. The van der Waals surface area contributed by atoms with Crippen LogP contribution in [0.3, 0.4) is 0 Å². The second-order valence-corrected chi connectivity index (χ2v) is 5.49. The monoisotopic (exact) mass is 303 g/mol. The molecule has 3 heteroatoms. The van der Waals surface area contributed by atoms with Gasteiger partial charge in [0.1, 0.15) is 11.3 Å². The summed E-state index contributed by atoms with van der Waals surface area (Å²) in [6, 6.07) is 22.4. The summed E-state index contributed by atoms with van der Waals surface area (Å²) in [6.45, 7) is 0.716. The largest absolute Gasteiger partial charge is 0.497 e. The van der Waals surface area contributed by atoms with Crippen molar-refractivity contribution in [1.82, 2.24) is 0 Å². The van der Waals surface area contributed by atoms with E-state index >= 15 is 0 Å². The van der Waals surface area contributed by atoms with E-state index in [1.165, 1.54) is 0 Å². The van der Waals surface area contributed by atoms with Gasteiger partial charge in [-0.25, -0.2) is 0 Å². The summed E-state index contributed by atoms with van der Waals surface area (Å²) < 4.78 is 11.3. The minimum absolute atomic E-state index is 0.716. The van der Waals surface area contributed by atoms with Crippen molar-refractivity contribution in [2.24, 2.45) is 0 Å². The number of furan rings is 1. The van der Waals surface area contributed by atoms with E-state index in [1.807, 2.05) is 42.5 Å². The van der Waals surface area contributed by atoms with Gasteiger partial charge in [0, 0.05) is 17.3 Å². The molecule has 114 valence electrons. The zero-order valence-electron chi connectivity index (χ0n) is 12.9. The lowest BCUT2D eigenvalue weighted by molar-refractivity contribution is 0.414. The smallest absolute Gasteiger partial charge is 0.158 e. The maximum Gasteiger partial charge on any atom is 0.158 e. The third-order valence-electron chi connectivity index (χ3n) is 4.02. The number of hydrogen-bond donors (Lipinski definition) is 1. The molecule has 0 spiro atoms. The number of rotatable bonds is 4. The molecular weight excluding hydrogens is 286 g/mol. The van der Waals surface area contributed by atoms with Crippen molar-refractivity contribution in [3.63, 3.8) is 0 Å². The summed E-state index contributed by atoms with van der Waals surface area (Å²) in [4.78, 5) is 0. The Morgan fingerprint density at radius 2 is 1.74 bits per heavy atom. The molecule has 1 aromatic heterocycles. The van der Waals surface area contributed by atoms with Crippen molar-refractivity contribution in [2.75, 3.05) is 12.4 Å². The highest BCUT2D eigenvalue weighted by Gasteiger charge is 2.09. The fourth-order valence-corrected chi connectivity index (χ4v) is 2.87. The van der Waals surface area contributed by atoms with Gasteiger partial charge >= 0.3 is 0 Å². The molecule has 4 aromatic rings. The van der Waals surface area contributed by atoms with Crippen LogP contribution in [0.25, 0.3) is 21.9 Å². The first-order chi connectivity index (χ1) is 11.3. The SMILES string of the molecule is COc1cccc(CNc2cccc3c2oc2ccccc23)c1. The van der Waals surface area contributed by atoms with Crippen LogP contribution in [0.4, 0.5) is 5.69 Å². The van der Waals surface area contributed by atoms with Crippen LogP contribution in [0.1, 0.15) is 5.56 Å². The van der Waals surface area contributed by atoms with E-state index in [0.29, 0.717) is 6.54 Å². The fourth-order valence-electron chi connectivity index (χ4n) is 2.87. The summed E-state index contributed by atoms with van der Waals surface area (Å²) in [5, 5.41) is 5.75. The van der Waals surface area contributed by atoms with E-state index in [0.717, 1.165) is 38.9 Å². The second-order valence-electron chi connectivity index (χ2n) is 5.49. The lowest BCUT2D eigenvalue weighted by Gasteiger charge is -2.08. The van der Waals surface area contributed by atoms with E-state index in [9.17, 15) is 0 Å². The van der Waals surface area contributed by atoms with Crippen molar-refractivity contribution >= 4 is 27.6 Å². The molecule has 1 N–H and O–H groups in total. The Balaban J connectivity index is 1.68. The molecule has 1 heterocycles. The number of anilines is 1. The maximum absolute atomic E-state index is 6.03. The van der Waals surface area contributed by atoms with Gasteiger partial charge in [-0.2, -0.15) is 0 Å². The molecule has 23 heavy (non-hydrogen) atoms. The van der Waals surface area contributed by atoms with Crippen LogP contribution in [0.15, 0.2) is 71.1 Å². The Morgan fingerprint density at radius 3 is 2.65 bits per heavy atom. The van der Waals surface area contributed by atoms with Crippen LogP contribution in [0.2, 0.25) is 0 Å². The summed E-state index contributed by atoms with van der Waals surface area (Å²) in [5.41, 5.74) is 3.98. The first kappa shape index (κ1) is 13.7. The highest BCUT2D eigenvalue weighted by atomic mass is 16.5. The number of methoxy groups -OCH3 is 1. The van der Waals surface area contributed by atoms with Crippen LogP contribution in [-0.4, -0.2) is 7.11 Å². The third kappa shape index (κ3) is 2.50. The molecule has 0 aliphatic rings. The second kappa shape index (κ2) is 5.69. The Labute approximate surface area is 134 Å². The minimum atomic E-state index is 0.716. The summed E-state index contributed by atoms with van der Waals surface area (Å²) in [6.07, 6.45) is 0. The van der Waals surface area contributed by atoms with Crippen LogP contribution in [0, 0.1) is 0 Å². The van der Waals surface area contributed by atoms with Gasteiger partial charge in [0.15, 0.2) is 5.58 Å². The average molecular weight is 303 g/mol. The van der Waals surface area contributed by atoms with Gasteiger partial charge in [-0.3, -0.25) is 0 Å². The molecule has 0 unspecified atom stereocenters. The van der Waals surface area contributed by atoms with Crippen molar-refractivity contribution < 1.29 is 9.15 Å². The van der Waals surface area contributed by atoms with Gasteiger partial charge < -0.3 is 14.5 Å². The molecule has 3 aromatic carbocycles. The summed E-state index contributed by atoms with van der Waals surface area (Å²) in [5.74, 6) is 0.867. The molecule has 0 aliphatic heterocycles. The standard InChI is InChI=1S/C20H17NO2/c1-22-15-7-4-6-14(12-15)13-21-18-10-5-9-17-16-8-2-3-11-19(16)23-20(17)18/h2-12,21H,13H2,1H3. The van der Waals surface area contributed by atoms with Crippen molar-refractivity contribution in [2.45, 2.75) is 6.54 Å². The molecule has 0 fully saturated rings. The lowest BCUT2D eigenvalue weighted by atomic mass is 10.1. The molecule has 0 saturated carbocycles. The Bertz CT molecular complexity index is 972. The Morgan fingerprint density at radius 1 is 0.913 bits per heavy atom. The quantitative estimate of drug-likeness (QED) is 0.562. The Hall–Kier alpha value is -2.94. The van der Waals surface area contributed by atoms with Crippen LogP contribution in [-0.2, 0) is 6.54 Å². The number of ether oxygens (including phenoxy) is 1. The third-order valence-corrected chi connectivity index (χ3v) is 4.02. The van der Waals surface area contributed by atoms with Gasteiger partial charge in [-0.05, 0) is 29.8 Å². The van der Waals surface area contributed by atoms with Crippen molar-refractivity contribution in [3.8, 4) is 5.75 Å². The molecule has 0 atom stereocenters. The van der Waals surface area contributed by atoms with Gasteiger partial charge in [-0.15, -0.1) is 0 Å². The molecule has 0 radical (unpaired) electrons. The van der Waals surface area contributed by atoms with E-state index in [1.54, 1.807) is 7.11 Å². The molecule has 3 nitrogen and oxygen atoms in total. The average Bonchev–Trinajstić information content (AvgIpc) is 2.99. The van der Waals surface area contributed by atoms with E-state index in [-0.39, 0.29) is 0 Å².